The van der Waals surface area contributed by atoms with Crippen molar-refractivity contribution < 1.29 is 14.2 Å². The Morgan fingerprint density at radius 2 is 1.64 bits per heavy atom. The van der Waals surface area contributed by atoms with Crippen LogP contribution in [0, 0.1) is 0 Å². The van der Waals surface area contributed by atoms with Gasteiger partial charge in [-0.3, -0.25) is 0 Å². The number of ether oxygens (including phenoxy) is 3. The first-order valence-corrected chi connectivity index (χ1v) is 3.78. The minimum atomic E-state index is 0.0370. The molecule has 0 aliphatic carbocycles. The summed E-state index contributed by atoms with van der Waals surface area (Å²) >= 11 is 0. The van der Waals surface area contributed by atoms with E-state index in [1.807, 2.05) is 13.8 Å². The highest BCUT2D eigenvalue weighted by Gasteiger charge is 2.13. The summed E-state index contributed by atoms with van der Waals surface area (Å²) in [7, 11) is 0. The van der Waals surface area contributed by atoms with Gasteiger partial charge in [0.15, 0.2) is 0 Å². The van der Waals surface area contributed by atoms with Crippen LogP contribution < -0.4 is 0 Å². The van der Waals surface area contributed by atoms with Crippen LogP contribution in [0.5, 0.6) is 0 Å². The molecule has 0 spiro atoms. The fourth-order valence-electron chi connectivity index (χ4n) is 0.945. The van der Waals surface area contributed by atoms with E-state index in [4.69, 9.17) is 14.2 Å². The predicted molar refractivity (Wildman–Crippen MR) is 41.1 cm³/mol. The van der Waals surface area contributed by atoms with E-state index in [0.717, 1.165) is 0 Å². The Labute approximate surface area is 66.9 Å². The molecular weight excluding hydrogens is 144 g/mol. The monoisotopic (exact) mass is 158 g/mol. The third-order valence-electron chi connectivity index (χ3n) is 1.37. The Morgan fingerprint density at radius 3 is 2.09 bits per heavy atom. The van der Waals surface area contributed by atoms with Gasteiger partial charge in [-0.25, -0.2) is 0 Å². The Bertz CT molecular complexity index is 130. The van der Waals surface area contributed by atoms with Crippen LogP contribution in [0.1, 0.15) is 13.8 Å². The van der Waals surface area contributed by atoms with Gasteiger partial charge in [0, 0.05) is 0 Å². The van der Waals surface area contributed by atoms with E-state index in [9.17, 15) is 0 Å². The fourth-order valence-corrected chi connectivity index (χ4v) is 0.945. The molecule has 0 amide bonds. The second-order valence-corrected chi connectivity index (χ2v) is 2.77. The molecule has 2 atom stereocenters. The summed E-state index contributed by atoms with van der Waals surface area (Å²) in [5.41, 5.74) is 0. The van der Waals surface area contributed by atoms with E-state index in [-0.39, 0.29) is 12.2 Å². The largest absolute Gasteiger partial charge is 0.460 e. The van der Waals surface area contributed by atoms with Gasteiger partial charge >= 0.3 is 0 Å². The summed E-state index contributed by atoms with van der Waals surface area (Å²) in [4.78, 5) is 0. The van der Waals surface area contributed by atoms with Crippen LogP contribution in [0.15, 0.2) is 12.5 Å². The highest BCUT2D eigenvalue weighted by Crippen LogP contribution is 2.09. The van der Waals surface area contributed by atoms with Crippen LogP contribution in [0.3, 0.4) is 0 Å². The molecule has 2 unspecified atom stereocenters. The Hall–Kier alpha value is -0.700. The average molecular weight is 158 g/mol. The Morgan fingerprint density at radius 1 is 1.18 bits per heavy atom. The lowest BCUT2D eigenvalue weighted by Gasteiger charge is -2.24. The summed E-state index contributed by atoms with van der Waals surface area (Å²) in [6.07, 6.45) is 0.0741. The van der Waals surface area contributed by atoms with Crippen LogP contribution in [-0.2, 0) is 14.2 Å². The molecule has 11 heavy (non-hydrogen) atoms. The van der Waals surface area contributed by atoms with E-state index in [2.05, 4.69) is 6.58 Å². The zero-order chi connectivity index (χ0) is 8.27. The van der Waals surface area contributed by atoms with Crippen LogP contribution in [0.25, 0.3) is 0 Å². The maximum Gasteiger partial charge on any atom is 0.272 e. The van der Waals surface area contributed by atoms with Crippen molar-refractivity contribution in [3.8, 4) is 0 Å². The normalized spacial score (nSPS) is 33.1. The van der Waals surface area contributed by atoms with E-state index in [1.165, 1.54) is 0 Å². The van der Waals surface area contributed by atoms with Crippen molar-refractivity contribution in [3.63, 3.8) is 0 Å². The van der Waals surface area contributed by atoms with Crippen molar-refractivity contribution in [2.45, 2.75) is 26.1 Å². The molecule has 0 aromatic heterocycles. The molecule has 64 valence electrons. The zero-order valence-corrected chi connectivity index (χ0v) is 7.00. The van der Waals surface area contributed by atoms with Crippen molar-refractivity contribution in [1.29, 1.82) is 0 Å². The molecule has 3 nitrogen and oxygen atoms in total. The average Bonchev–Trinajstić information content (AvgIpc) is 1.83. The first kappa shape index (κ1) is 8.40. The van der Waals surface area contributed by atoms with Crippen molar-refractivity contribution in [2.75, 3.05) is 13.2 Å². The molecule has 0 radical (unpaired) electrons. The van der Waals surface area contributed by atoms with Gasteiger partial charge in [-0.15, -0.1) is 0 Å². The van der Waals surface area contributed by atoms with E-state index in [1.54, 1.807) is 0 Å². The standard InChI is InChI=1S/C8H14O3/c1-6-4-9-5-7(2)11-8(3)10-6/h6-7H,3-5H2,1-2H3. The van der Waals surface area contributed by atoms with Gasteiger partial charge in [-0.05, 0) is 20.4 Å². The lowest BCUT2D eigenvalue weighted by Crippen LogP contribution is -2.26. The third-order valence-corrected chi connectivity index (χ3v) is 1.37. The smallest absolute Gasteiger partial charge is 0.272 e. The van der Waals surface area contributed by atoms with Crippen LogP contribution >= 0.6 is 0 Å². The second-order valence-electron chi connectivity index (χ2n) is 2.77. The van der Waals surface area contributed by atoms with E-state index >= 15 is 0 Å². The van der Waals surface area contributed by atoms with Crippen molar-refractivity contribution in [1.82, 2.24) is 0 Å². The second kappa shape index (κ2) is 3.62. The molecule has 0 bridgehead atoms. The minimum absolute atomic E-state index is 0.0370. The molecular formula is C8H14O3. The molecule has 1 heterocycles. The van der Waals surface area contributed by atoms with Crippen LogP contribution in [0.2, 0.25) is 0 Å². The first-order valence-electron chi connectivity index (χ1n) is 3.78. The summed E-state index contributed by atoms with van der Waals surface area (Å²) in [5.74, 6) is 0.397. The van der Waals surface area contributed by atoms with E-state index in [0.29, 0.717) is 19.2 Å². The number of hydrogen-bond acceptors (Lipinski definition) is 3. The third kappa shape index (κ3) is 2.80. The molecule has 1 fully saturated rings. The van der Waals surface area contributed by atoms with Gasteiger partial charge in [0.1, 0.15) is 12.2 Å². The maximum absolute atomic E-state index is 5.26. The summed E-state index contributed by atoms with van der Waals surface area (Å²) in [5, 5.41) is 0. The highest BCUT2D eigenvalue weighted by molar-refractivity contribution is 4.74. The van der Waals surface area contributed by atoms with Crippen molar-refractivity contribution in [3.05, 3.63) is 12.5 Å². The molecule has 1 rings (SSSR count). The predicted octanol–water partition coefficient (Wildman–Crippen LogP) is 1.30. The van der Waals surface area contributed by atoms with Crippen molar-refractivity contribution >= 4 is 0 Å². The molecule has 0 saturated carbocycles. The zero-order valence-electron chi connectivity index (χ0n) is 7.00. The Balaban J connectivity index is 2.41. The molecule has 1 aliphatic rings. The molecule has 1 saturated heterocycles. The number of rotatable bonds is 0. The van der Waals surface area contributed by atoms with E-state index < -0.39 is 0 Å². The van der Waals surface area contributed by atoms with Crippen molar-refractivity contribution in [2.24, 2.45) is 0 Å². The highest BCUT2D eigenvalue weighted by atomic mass is 16.7. The van der Waals surface area contributed by atoms with Crippen LogP contribution in [-0.4, -0.2) is 25.4 Å². The molecule has 3 heteroatoms. The minimum Gasteiger partial charge on any atom is -0.460 e. The van der Waals surface area contributed by atoms with Gasteiger partial charge in [-0.1, -0.05) is 0 Å². The molecule has 1 aliphatic heterocycles. The van der Waals surface area contributed by atoms with Crippen LogP contribution in [0.4, 0.5) is 0 Å². The quantitative estimate of drug-likeness (QED) is 0.531. The van der Waals surface area contributed by atoms with Gasteiger partial charge in [0.05, 0.1) is 13.2 Å². The number of hydrogen-bond donors (Lipinski definition) is 0. The van der Waals surface area contributed by atoms with Gasteiger partial charge < -0.3 is 14.2 Å². The topological polar surface area (TPSA) is 27.7 Å². The summed E-state index contributed by atoms with van der Waals surface area (Å²) < 4.78 is 15.7. The maximum atomic E-state index is 5.26. The lowest BCUT2D eigenvalue weighted by atomic mass is 10.4. The molecule has 0 N–H and O–H groups in total. The van der Waals surface area contributed by atoms with Gasteiger partial charge in [-0.2, -0.15) is 0 Å². The van der Waals surface area contributed by atoms with Gasteiger partial charge in [0.2, 0.25) is 0 Å². The first-order chi connectivity index (χ1) is 5.18. The van der Waals surface area contributed by atoms with Gasteiger partial charge in [0.25, 0.3) is 5.95 Å². The lowest BCUT2D eigenvalue weighted by molar-refractivity contribution is -0.108. The molecule has 0 aromatic rings. The molecule has 0 aromatic carbocycles. The SMILES string of the molecule is C=C1OC(C)COCC(C)O1. The fraction of sp³-hybridized carbons (Fsp3) is 0.750. The Kier molecular flexibility index (Phi) is 2.76. The summed E-state index contributed by atoms with van der Waals surface area (Å²) in [6.45, 7) is 8.67. The summed E-state index contributed by atoms with van der Waals surface area (Å²) in [6, 6.07) is 0.